The molecule has 2 rings (SSSR count). The summed E-state index contributed by atoms with van der Waals surface area (Å²) >= 11 is 4.95. The monoisotopic (exact) mass is 250 g/mol. The van der Waals surface area contributed by atoms with Crippen molar-refractivity contribution < 1.29 is 0 Å². The second-order valence-corrected chi connectivity index (χ2v) is 5.00. The molecular weight excluding hydrogens is 232 g/mol. The molecule has 1 fully saturated rings. The highest BCUT2D eigenvalue weighted by Crippen LogP contribution is 2.20. The van der Waals surface area contributed by atoms with Crippen LogP contribution < -0.4 is 11.1 Å². The van der Waals surface area contributed by atoms with Crippen LogP contribution in [0.3, 0.4) is 0 Å². The number of hydrogen-bond donors (Lipinski definition) is 2. The summed E-state index contributed by atoms with van der Waals surface area (Å²) < 4.78 is 0. The van der Waals surface area contributed by atoms with E-state index in [9.17, 15) is 0 Å². The Kier molecular flexibility index (Phi) is 3.89. The van der Waals surface area contributed by atoms with Gasteiger partial charge in [0.1, 0.15) is 10.7 Å². The Morgan fingerprint density at radius 3 is 2.71 bits per heavy atom. The lowest BCUT2D eigenvalue weighted by Gasteiger charge is -2.22. The molecular formula is C12H18N4S. The van der Waals surface area contributed by atoms with E-state index in [4.69, 9.17) is 18.0 Å². The van der Waals surface area contributed by atoms with Gasteiger partial charge in [-0.15, -0.1) is 0 Å². The third kappa shape index (κ3) is 3.36. The first-order chi connectivity index (χ1) is 8.15. The Balaban J connectivity index is 2.11. The molecule has 0 spiro atoms. The lowest BCUT2D eigenvalue weighted by Crippen LogP contribution is -2.24. The standard InChI is InChI=1S/C12H18N4S/c1-8-7-10(11(13)17)16-12(14-8)15-9-5-3-2-4-6-9/h7,9H,2-6H2,1H3,(H2,13,17)(H,14,15,16). The van der Waals surface area contributed by atoms with E-state index in [1.54, 1.807) is 0 Å². The van der Waals surface area contributed by atoms with Crippen LogP contribution in [0.1, 0.15) is 43.5 Å². The van der Waals surface area contributed by atoms with Crippen molar-refractivity contribution in [2.75, 3.05) is 5.32 Å². The van der Waals surface area contributed by atoms with Gasteiger partial charge in [-0.1, -0.05) is 31.5 Å². The normalized spacial score (nSPS) is 16.8. The first kappa shape index (κ1) is 12.2. The minimum atomic E-state index is 0.321. The quantitative estimate of drug-likeness (QED) is 0.805. The largest absolute Gasteiger partial charge is 0.388 e. The minimum Gasteiger partial charge on any atom is -0.388 e. The predicted molar refractivity (Wildman–Crippen MR) is 73.2 cm³/mol. The fourth-order valence-corrected chi connectivity index (χ4v) is 2.29. The maximum Gasteiger partial charge on any atom is 0.223 e. The van der Waals surface area contributed by atoms with E-state index in [1.165, 1.54) is 32.1 Å². The highest BCUT2D eigenvalue weighted by molar-refractivity contribution is 7.80. The van der Waals surface area contributed by atoms with Crippen LogP contribution in [0.2, 0.25) is 0 Å². The van der Waals surface area contributed by atoms with Crippen LogP contribution in [0.25, 0.3) is 0 Å². The zero-order valence-electron chi connectivity index (χ0n) is 10.1. The molecule has 4 nitrogen and oxygen atoms in total. The number of nitrogens with zero attached hydrogens (tertiary/aromatic N) is 2. The summed E-state index contributed by atoms with van der Waals surface area (Å²) in [6.45, 7) is 1.93. The Hall–Kier alpha value is -1.23. The second kappa shape index (κ2) is 5.40. The fraction of sp³-hybridized carbons (Fsp3) is 0.583. The Morgan fingerprint density at radius 2 is 2.06 bits per heavy atom. The van der Waals surface area contributed by atoms with Crippen molar-refractivity contribution >= 4 is 23.2 Å². The molecule has 1 aliphatic carbocycles. The maximum atomic E-state index is 5.60. The smallest absolute Gasteiger partial charge is 0.223 e. The zero-order chi connectivity index (χ0) is 12.3. The fourth-order valence-electron chi connectivity index (χ4n) is 2.19. The van der Waals surface area contributed by atoms with Crippen molar-refractivity contribution in [3.63, 3.8) is 0 Å². The Bertz CT molecular complexity index is 413. The molecule has 17 heavy (non-hydrogen) atoms. The zero-order valence-corrected chi connectivity index (χ0v) is 10.9. The summed E-state index contributed by atoms with van der Waals surface area (Å²) in [6, 6.07) is 2.30. The molecule has 0 unspecified atom stereocenters. The van der Waals surface area contributed by atoms with Crippen molar-refractivity contribution in [1.82, 2.24) is 9.97 Å². The summed E-state index contributed by atoms with van der Waals surface area (Å²) in [4.78, 5) is 9.03. The van der Waals surface area contributed by atoms with Gasteiger partial charge in [0.15, 0.2) is 0 Å². The summed E-state index contributed by atoms with van der Waals surface area (Å²) in [5.41, 5.74) is 7.13. The van der Waals surface area contributed by atoms with E-state index in [1.807, 2.05) is 13.0 Å². The summed E-state index contributed by atoms with van der Waals surface area (Å²) in [7, 11) is 0. The number of aryl methyl sites for hydroxylation is 1. The van der Waals surface area contributed by atoms with Gasteiger partial charge in [0, 0.05) is 11.7 Å². The van der Waals surface area contributed by atoms with E-state index in [0.29, 0.717) is 22.7 Å². The van der Waals surface area contributed by atoms with E-state index in [2.05, 4.69) is 15.3 Å². The first-order valence-electron chi connectivity index (χ1n) is 6.07. The van der Waals surface area contributed by atoms with Gasteiger partial charge >= 0.3 is 0 Å². The molecule has 1 aromatic heterocycles. The highest BCUT2D eigenvalue weighted by atomic mass is 32.1. The van der Waals surface area contributed by atoms with Crippen LogP contribution >= 0.6 is 12.2 Å². The summed E-state index contributed by atoms with van der Waals surface area (Å²) in [6.07, 6.45) is 6.29. The molecule has 0 bridgehead atoms. The van der Waals surface area contributed by atoms with Crippen LogP contribution in [0.4, 0.5) is 5.95 Å². The molecule has 1 aromatic rings. The number of hydrogen-bond acceptors (Lipinski definition) is 4. The van der Waals surface area contributed by atoms with Crippen molar-refractivity contribution in [3.8, 4) is 0 Å². The van der Waals surface area contributed by atoms with Gasteiger partial charge in [-0.25, -0.2) is 9.97 Å². The van der Waals surface area contributed by atoms with Crippen molar-refractivity contribution in [2.24, 2.45) is 5.73 Å². The third-order valence-corrected chi connectivity index (χ3v) is 3.25. The minimum absolute atomic E-state index is 0.321. The number of rotatable bonds is 3. The van der Waals surface area contributed by atoms with Gasteiger partial charge in [-0.05, 0) is 25.8 Å². The second-order valence-electron chi connectivity index (χ2n) is 4.56. The number of nitrogens with two attached hydrogens (primary N) is 1. The van der Waals surface area contributed by atoms with Gasteiger partial charge < -0.3 is 11.1 Å². The third-order valence-electron chi connectivity index (χ3n) is 3.05. The average Bonchev–Trinajstić information content (AvgIpc) is 2.29. The number of anilines is 1. The lowest BCUT2D eigenvalue weighted by atomic mass is 9.96. The summed E-state index contributed by atoms with van der Waals surface area (Å²) in [5, 5.41) is 3.38. The predicted octanol–water partition coefficient (Wildman–Crippen LogP) is 2.16. The van der Waals surface area contributed by atoms with E-state index in [-0.39, 0.29) is 0 Å². The summed E-state index contributed by atoms with van der Waals surface area (Å²) in [5.74, 6) is 0.653. The highest BCUT2D eigenvalue weighted by Gasteiger charge is 2.14. The van der Waals surface area contributed by atoms with Crippen molar-refractivity contribution in [2.45, 2.75) is 45.1 Å². The molecule has 1 aliphatic rings. The molecule has 1 heterocycles. The molecule has 0 radical (unpaired) electrons. The Morgan fingerprint density at radius 1 is 1.35 bits per heavy atom. The number of nitrogens with one attached hydrogen (secondary N) is 1. The van der Waals surface area contributed by atoms with Gasteiger partial charge in [0.2, 0.25) is 5.95 Å². The van der Waals surface area contributed by atoms with Gasteiger partial charge in [0.05, 0.1) is 0 Å². The molecule has 5 heteroatoms. The number of aromatic nitrogens is 2. The van der Waals surface area contributed by atoms with E-state index >= 15 is 0 Å². The van der Waals surface area contributed by atoms with Gasteiger partial charge in [-0.3, -0.25) is 0 Å². The molecule has 0 saturated heterocycles. The molecule has 0 aliphatic heterocycles. The lowest BCUT2D eigenvalue weighted by molar-refractivity contribution is 0.460. The first-order valence-corrected chi connectivity index (χ1v) is 6.48. The van der Waals surface area contributed by atoms with E-state index < -0.39 is 0 Å². The number of thiocarbonyl (C=S) groups is 1. The topological polar surface area (TPSA) is 63.8 Å². The van der Waals surface area contributed by atoms with Crippen molar-refractivity contribution in [3.05, 3.63) is 17.5 Å². The molecule has 92 valence electrons. The van der Waals surface area contributed by atoms with Gasteiger partial charge in [0.25, 0.3) is 0 Å². The van der Waals surface area contributed by atoms with Crippen LogP contribution in [0.15, 0.2) is 6.07 Å². The van der Waals surface area contributed by atoms with Crippen LogP contribution in [0, 0.1) is 6.92 Å². The molecule has 3 N–H and O–H groups in total. The Labute approximate surface area is 107 Å². The van der Waals surface area contributed by atoms with Crippen molar-refractivity contribution in [1.29, 1.82) is 0 Å². The molecule has 0 aromatic carbocycles. The SMILES string of the molecule is Cc1cc(C(N)=S)nc(NC2CCCCC2)n1. The molecule has 1 saturated carbocycles. The average molecular weight is 250 g/mol. The van der Waals surface area contributed by atoms with Crippen LogP contribution in [-0.4, -0.2) is 21.0 Å². The van der Waals surface area contributed by atoms with Crippen LogP contribution in [0.5, 0.6) is 0 Å². The molecule has 0 amide bonds. The van der Waals surface area contributed by atoms with Gasteiger partial charge in [-0.2, -0.15) is 0 Å². The van der Waals surface area contributed by atoms with Crippen LogP contribution in [-0.2, 0) is 0 Å². The van der Waals surface area contributed by atoms with E-state index in [0.717, 1.165) is 5.69 Å². The maximum absolute atomic E-state index is 5.60. The molecule has 0 atom stereocenters.